The summed E-state index contributed by atoms with van der Waals surface area (Å²) in [5, 5.41) is 4.28. The zero-order chi connectivity index (χ0) is 26.1. The third-order valence-electron chi connectivity index (χ3n) is 6.99. The van der Waals surface area contributed by atoms with Gasteiger partial charge in [-0.1, -0.05) is 31.2 Å². The van der Waals surface area contributed by atoms with Crippen LogP contribution in [0.5, 0.6) is 5.75 Å². The van der Waals surface area contributed by atoms with E-state index in [1.807, 2.05) is 44.3 Å². The quantitative estimate of drug-likeness (QED) is 0.271. The Balaban J connectivity index is 1.64. The van der Waals surface area contributed by atoms with Crippen molar-refractivity contribution in [3.8, 4) is 11.4 Å². The predicted octanol–water partition coefficient (Wildman–Crippen LogP) is 7.02. The van der Waals surface area contributed by atoms with Crippen LogP contribution in [0.2, 0.25) is 0 Å². The Bertz CT molecular complexity index is 1390. The van der Waals surface area contributed by atoms with E-state index in [1.165, 1.54) is 28.2 Å². The highest BCUT2D eigenvalue weighted by Crippen LogP contribution is 2.44. The third kappa shape index (κ3) is 4.74. The number of para-hydroxylation sites is 1. The highest BCUT2D eigenvalue weighted by atomic mass is 32.1. The summed E-state index contributed by atoms with van der Waals surface area (Å²) in [6, 6.07) is 25.1. The second kappa shape index (κ2) is 10.4. The first-order valence-corrected chi connectivity index (χ1v) is 13.3. The van der Waals surface area contributed by atoms with E-state index in [0.29, 0.717) is 5.11 Å². The van der Waals surface area contributed by atoms with Crippen molar-refractivity contribution >= 4 is 23.0 Å². The van der Waals surface area contributed by atoms with Gasteiger partial charge in [0.1, 0.15) is 5.75 Å². The van der Waals surface area contributed by atoms with Gasteiger partial charge >= 0.3 is 0 Å². The second-order valence-electron chi connectivity index (χ2n) is 9.80. The fourth-order valence-corrected chi connectivity index (χ4v) is 5.74. The number of benzene rings is 2. The highest BCUT2D eigenvalue weighted by Gasteiger charge is 2.42. The molecule has 5 nitrogen and oxygen atoms in total. The molecule has 1 fully saturated rings. The first kappa shape index (κ1) is 25.0. The number of aryl methyl sites for hydroxylation is 2. The van der Waals surface area contributed by atoms with E-state index in [4.69, 9.17) is 21.9 Å². The van der Waals surface area contributed by atoms with E-state index in [-0.39, 0.29) is 18.2 Å². The fourth-order valence-electron chi connectivity index (χ4n) is 5.39. The molecule has 190 valence electrons. The lowest BCUT2D eigenvalue weighted by Gasteiger charge is -2.28. The molecule has 6 heteroatoms. The summed E-state index contributed by atoms with van der Waals surface area (Å²) in [7, 11) is 0. The Labute approximate surface area is 225 Å². The van der Waals surface area contributed by atoms with Crippen molar-refractivity contribution in [1.29, 1.82) is 0 Å². The van der Waals surface area contributed by atoms with Crippen LogP contribution in [0.25, 0.3) is 5.69 Å². The minimum Gasteiger partial charge on any atom is -0.491 e. The molecule has 0 spiro atoms. The van der Waals surface area contributed by atoms with E-state index in [2.05, 4.69) is 84.1 Å². The number of aromatic nitrogens is 2. The average molecular weight is 511 g/mol. The molecule has 5 rings (SSSR count). The summed E-state index contributed by atoms with van der Waals surface area (Å²) in [6.07, 6.45) is 2.95. The van der Waals surface area contributed by atoms with Gasteiger partial charge in [0.05, 0.1) is 23.9 Å². The van der Waals surface area contributed by atoms with Crippen LogP contribution < -0.4 is 15.0 Å². The molecule has 2 aromatic heterocycles. The average Bonchev–Trinajstić information content (AvgIpc) is 3.39. The lowest BCUT2D eigenvalue weighted by Crippen LogP contribution is -2.29. The monoisotopic (exact) mass is 510 g/mol. The SMILES string of the molecule is CCc1ccccc1-n1c(C)cc([C@H]2[C@H](c3ccccn3)NC(=S)N2c2ccc(OC(C)C)cc2)c1C. The van der Waals surface area contributed by atoms with Gasteiger partial charge in [-0.2, -0.15) is 0 Å². The van der Waals surface area contributed by atoms with Gasteiger partial charge in [-0.25, -0.2) is 0 Å². The van der Waals surface area contributed by atoms with E-state index in [9.17, 15) is 0 Å². The number of nitrogens with zero attached hydrogens (tertiary/aromatic N) is 3. The molecule has 1 N–H and O–H groups in total. The maximum absolute atomic E-state index is 5.94. The number of rotatable bonds is 7. The number of anilines is 1. The van der Waals surface area contributed by atoms with Crippen molar-refractivity contribution < 1.29 is 4.74 Å². The summed E-state index contributed by atoms with van der Waals surface area (Å²) in [5.74, 6) is 0.851. The van der Waals surface area contributed by atoms with Gasteiger partial charge in [-0.15, -0.1) is 0 Å². The zero-order valence-corrected chi connectivity index (χ0v) is 22.9. The van der Waals surface area contributed by atoms with Crippen LogP contribution in [-0.4, -0.2) is 20.8 Å². The Hall–Kier alpha value is -3.64. The van der Waals surface area contributed by atoms with Crippen LogP contribution in [0.1, 0.15) is 61.1 Å². The third-order valence-corrected chi connectivity index (χ3v) is 7.30. The Morgan fingerprint density at radius 2 is 1.73 bits per heavy atom. The van der Waals surface area contributed by atoms with Gasteiger partial charge in [-0.3, -0.25) is 4.98 Å². The predicted molar refractivity (Wildman–Crippen MR) is 155 cm³/mol. The zero-order valence-electron chi connectivity index (χ0n) is 22.1. The summed E-state index contributed by atoms with van der Waals surface area (Å²) in [6.45, 7) is 10.7. The molecule has 0 unspecified atom stereocenters. The van der Waals surface area contributed by atoms with Gasteiger partial charge in [0, 0.05) is 29.0 Å². The van der Waals surface area contributed by atoms with Crippen LogP contribution in [-0.2, 0) is 6.42 Å². The van der Waals surface area contributed by atoms with Gasteiger partial charge < -0.3 is 19.5 Å². The number of hydrogen-bond donors (Lipinski definition) is 1. The van der Waals surface area contributed by atoms with E-state index < -0.39 is 0 Å². The van der Waals surface area contributed by atoms with Crippen LogP contribution in [0.15, 0.2) is 79.0 Å². The fraction of sp³-hybridized carbons (Fsp3) is 0.290. The first-order chi connectivity index (χ1) is 17.9. The van der Waals surface area contributed by atoms with Crippen molar-refractivity contribution in [2.75, 3.05) is 4.90 Å². The van der Waals surface area contributed by atoms with Crippen LogP contribution in [0, 0.1) is 13.8 Å². The molecule has 1 aliphatic heterocycles. The molecule has 0 radical (unpaired) electrons. The minimum absolute atomic E-state index is 0.0620. The Kier molecular flexibility index (Phi) is 7.02. The standard InChI is InChI=1S/C31H34N4OS/c1-6-23-11-7-8-13-28(23)34-21(4)19-26(22(34)5)30-29(27-12-9-10-18-32-27)33-31(37)35(30)24-14-16-25(17-15-24)36-20(2)3/h7-20,29-30H,6H2,1-5H3,(H,33,37)/t29-,30-/m0/s1. The van der Waals surface area contributed by atoms with Gasteiger partial charge in [-0.05, 0) is 106 Å². The summed E-state index contributed by atoms with van der Waals surface area (Å²) in [4.78, 5) is 6.94. The van der Waals surface area contributed by atoms with E-state index in [1.54, 1.807) is 0 Å². The number of thiocarbonyl (C=S) groups is 1. The molecule has 0 bridgehead atoms. The van der Waals surface area contributed by atoms with Gasteiger partial charge in [0.15, 0.2) is 5.11 Å². The molecule has 1 aliphatic rings. The van der Waals surface area contributed by atoms with Crippen LogP contribution in [0.3, 0.4) is 0 Å². The number of nitrogens with one attached hydrogen (secondary N) is 1. The first-order valence-electron chi connectivity index (χ1n) is 12.9. The van der Waals surface area contributed by atoms with E-state index >= 15 is 0 Å². The normalized spacial score (nSPS) is 17.4. The van der Waals surface area contributed by atoms with Crippen LogP contribution >= 0.6 is 12.2 Å². The molecule has 1 saturated heterocycles. The highest BCUT2D eigenvalue weighted by molar-refractivity contribution is 7.80. The Morgan fingerprint density at radius 1 is 1.00 bits per heavy atom. The van der Waals surface area contributed by atoms with E-state index in [0.717, 1.165) is 23.6 Å². The topological polar surface area (TPSA) is 42.3 Å². The molecule has 0 saturated carbocycles. The summed E-state index contributed by atoms with van der Waals surface area (Å²) < 4.78 is 8.27. The molecule has 3 heterocycles. The number of ether oxygens (including phenoxy) is 1. The molecule has 2 atom stereocenters. The van der Waals surface area contributed by atoms with Crippen molar-refractivity contribution in [1.82, 2.24) is 14.9 Å². The van der Waals surface area contributed by atoms with Gasteiger partial charge in [0.25, 0.3) is 0 Å². The molecule has 0 amide bonds. The van der Waals surface area contributed by atoms with Crippen molar-refractivity contribution in [2.45, 2.75) is 59.2 Å². The van der Waals surface area contributed by atoms with Crippen molar-refractivity contribution in [3.63, 3.8) is 0 Å². The molecule has 2 aromatic carbocycles. The van der Waals surface area contributed by atoms with Crippen molar-refractivity contribution in [3.05, 3.63) is 107 Å². The summed E-state index contributed by atoms with van der Waals surface area (Å²) >= 11 is 5.94. The maximum Gasteiger partial charge on any atom is 0.174 e. The minimum atomic E-state index is -0.0874. The maximum atomic E-state index is 5.94. The van der Waals surface area contributed by atoms with Crippen molar-refractivity contribution in [2.24, 2.45) is 0 Å². The molecule has 4 aromatic rings. The molecular formula is C31H34N4OS. The van der Waals surface area contributed by atoms with Crippen LogP contribution in [0.4, 0.5) is 5.69 Å². The lowest BCUT2D eigenvalue weighted by atomic mass is 9.96. The number of hydrogen-bond acceptors (Lipinski definition) is 3. The lowest BCUT2D eigenvalue weighted by molar-refractivity contribution is 0.242. The number of pyridine rings is 1. The van der Waals surface area contributed by atoms with Gasteiger partial charge in [0.2, 0.25) is 0 Å². The second-order valence-corrected chi connectivity index (χ2v) is 10.2. The molecule has 37 heavy (non-hydrogen) atoms. The molecule has 0 aliphatic carbocycles. The molecular weight excluding hydrogens is 476 g/mol. The smallest absolute Gasteiger partial charge is 0.174 e. The largest absolute Gasteiger partial charge is 0.491 e. The summed E-state index contributed by atoms with van der Waals surface area (Å²) in [5.41, 5.74) is 8.19. The Morgan fingerprint density at radius 3 is 2.41 bits per heavy atom.